The molecule has 2 N–H and O–H groups in total. The lowest BCUT2D eigenvalue weighted by molar-refractivity contribution is -0.123. The number of thiophene rings is 1. The summed E-state index contributed by atoms with van der Waals surface area (Å²) in [5, 5.41) is 6.58. The minimum Gasteiger partial charge on any atom is -0.492 e. The van der Waals surface area contributed by atoms with E-state index < -0.39 is 10.0 Å². The number of nitrogens with two attached hydrogens (primary N) is 1. The highest BCUT2D eigenvalue weighted by atomic mass is 32.2. The van der Waals surface area contributed by atoms with E-state index in [2.05, 4.69) is 0 Å². The number of amides is 2. The number of nitrogens with zero attached hydrogens (tertiary/aromatic N) is 1. The average Bonchev–Trinajstić information content (AvgIpc) is 3.18. The van der Waals surface area contributed by atoms with Gasteiger partial charge >= 0.3 is 0 Å². The van der Waals surface area contributed by atoms with Crippen LogP contribution in [0.4, 0.5) is 4.79 Å². The van der Waals surface area contributed by atoms with Gasteiger partial charge in [0.05, 0.1) is 16.3 Å². The summed E-state index contributed by atoms with van der Waals surface area (Å²) in [6.45, 7) is 0.197. The van der Waals surface area contributed by atoms with Gasteiger partial charge in [0.25, 0.3) is 11.1 Å². The van der Waals surface area contributed by atoms with Crippen LogP contribution in [0.25, 0.3) is 6.08 Å². The van der Waals surface area contributed by atoms with E-state index >= 15 is 0 Å². The highest BCUT2D eigenvalue weighted by Crippen LogP contribution is 2.32. The number of sulfonamides is 1. The third-order valence-electron chi connectivity index (χ3n) is 3.43. The van der Waals surface area contributed by atoms with Gasteiger partial charge in [-0.2, -0.15) is 0 Å². The number of carbonyl (C=O) groups excluding carboxylic acids is 2. The van der Waals surface area contributed by atoms with Crippen molar-refractivity contribution in [2.45, 2.75) is 4.90 Å². The van der Waals surface area contributed by atoms with Gasteiger partial charge in [0.15, 0.2) is 0 Å². The van der Waals surface area contributed by atoms with E-state index in [1.807, 2.05) is 17.5 Å². The van der Waals surface area contributed by atoms with Crippen LogP contribution in [0, 0.1) is 0 Å². The van der Waals surface area contributed by atoms with E-state index in [1.165, 1.54) is 35.6 Å². The number of hydrogen-bond donors (Lipinski definition) is 1. The lowest BCUT2D eigenvalue weighted by atomic mass is 10.3. The molecule has 2 amide bonds. The number of rotatable bonds is 6. The zero-order valence-electron chi connectivity index (χ0n) is 13.3. The Balaban J connectivity index is 1.58. The summed E-state index contributed by atoms with van der Waals surface area (Å²) < 4.78 is 27.9. The first kappa shape index (κ1) is 18.6. The molecule has 10 heteroatoms. The van der Waals surface area contributed by atoms with Crippen LogP contribution in [0.15, 0.2) is 51.6 Å². The Morgan fingerprint density at radius 2 is 1.88 bits per heavy atom. The van der Waals surface area contributed by atoms with Gasteiger partial charge in [-0.05, 0) is 53.5 Å². The summed E-state index contributed by atoms with van der Waals surface area (Å²) in [4.78, 5) is 26.7. The smallest absolute Gasteiger partial charge is 0.293 e. The monoisotopic (exact) mass is 410 g/mol. The van der Waals surface area contributed by atoms with E-state index in [0.29, 0.717) is 10.7 Å². The molecule has 2 heterocycles. The molecule has 1 aromatic heterocycles. The third kappa shape index (κ3) is 4.33. The van der Waals surface area contributed by atoms with Gasteiger partial charge in [-0.15, -0.1) is 11.3 Å². The van der Waals surface area contributed by atoms with Crippen LogP contribution in [0.1, 0.15) is 4.88 Å². The Morgan fingerprint density at radius 3 is 2.50 bits per heavy atom. The Kier molecular flexibility index (Phi) is 5.47. The first-order chi connectivity index (χ1) is 12.3. The molecule has 136 valence electrons. The molecule has 1 aliphatic rings. The van der Waals surface area contributed by atoms with Gasteiger partial charge in [-0.1, -0.05) is 6.07 Å². The zero-order chi connectivity index (χ0) is 18.7. The van der Waals surface area contributed by atoms with Crippen molar-refractivity contribution in [3.63, 3.8) is 0 Å². The van der Waals surface area contributed by atoms with Gasteiger partial charge in [-0.3, -0.25) is 14.5 Å². The molecule has 0 bridgehead atoms. The van der Waals surface area contributed by atoms with Gasteiger partial charge in [0.1, 0.15) is 12.4 Å². The average molecular weight is 410 g/mol. The summed E-state index contributed by atoms with van der Waals surface area (Å²) in [6.07, 6.45) is 1.70. The largest absolute Gasteiger partial charge is 0.492 e. The molecule has 7 nitrogen and oxygen atoms in total. The Labute approximate surface area is 158 Å². The molecule has 0 saturated carbocycles. The number of primary sulfonamides is 1. The van der Waals surface area contributed by atoms with Crippen LogP contribution < -0.4 is 9.88 Å². The molecule has 1 aliphatic heterocycles. The highest BCUT2D eigenvalue weighted by Gasteiger charge is 2.34. The maximum atomic E-state index is 12.3. The molecule has 0 unspecified atom stereocenters. The van der Waals surface area contributed by atoms with Crippen molar-refractivity contribution in [2.75, 3.05) is 13.2 Å². The molecule has 3 rings (SSSR count). The molecule has 0 aliphatic carbocycles. The van der Waals surface area contributed by atoms with E-state index in [4.69, 9.17) is 9.88 Å². The van der Waals surface area contributed by atoms with Gasteiger partial charge in [0.2, 0.25) is 10.0 Å². The Hall–Kier alpha value is -2.14. The number of imide groups is 1. The summed E-state index contributed by atoms with van der Waals surface area (Å²) in [7, 11) is -3.76. The van der Waals surface area contributed by atoms with Gasteiger partial charge in [0, 0.05) is 4.88 Å². The van der Waals surface area contributed by atoms with Crippen LogP contribution in [-0.4, -0.2) is 37.6 Å². The van der Waals surface area contributed by atoms with E-state index in [1.54, 1.807) is 6.08 Å². The van der Waals surface area contributed by atoms with Crippen molar-refractivity contribution in [1.82, 2.24) is 4.90 Å². The normalized spacial score (nSPS) is 16.5. The predicted octanol–water partition coefficient (Wildman–Crippen LogP) is 2.51. The molecular weight excluding hydrogens is 396 g/mol. The quantitative estimate of drug-likeness (QED) is 0.734. The first-order valence-electron chi connectivity index (χ1n) is 7.39. The van der Waals surface area contributed by atoms with Crippen LogP contribution in [0.5, 0.6) is 5.75 Å². The minimum atomic E-state index is -3.76. The number of carbonyl (C=O) groups is 2. The van der Waals surface area contributed by atoms with Crippen LogP contribution in [0.3, 0.4) is 0 Å². The van der Waals surface area contributed by atoms with Crippen LogP contribution in [0.2, 0.25) is 0 Å². The Morgan fingerprint density at radius 1 is 1.15 bits per heavy atom. The van der Waals surface area contributed by atoms with Crippen LogP contribution in [-0.2, 0) is 14.8 Å². The molecule has 2 aromatic rings. The number of hydrogen-bond acceptors (Lipinski definition) is 7. The molecule has 1 fully saturated rings. The number of benzene rings is 1. The standard InChI is InChI=1S/C16H14N2O5S3/c17-26(21,22)13-5-3-11(4-6-13)23-8-7-18-15(19)14(25-16(18)20)10-12-2-1-9-24-12/h1-6,9-10H,7-8H2,(H2,17,21,22)/b14-10-. The lowest BCUT2D eigenvalue weighted by Gasteiger charge is -2.13. The molecule has 1 aromatic carbocycles. The minimum absolute atomic E-state index is 0.0190. The van der Waals surface area contributed by atoms with Crippen molar-refractivity contribution in [1.29, 1.82) is 0 Å². The summed E-state index contributed by atoms with van der Waals surface area (Å²) in [6, 6.07) is 9.32. The molecule has 0 spiro atoms. The van der Waals surface area contributed by atoms with E-state index in [0.717, 1.165) is 21.5 Å². The highest BCUT2D eigenvalue weighted by molar-refractivity contribution is 8.18. The molecule has 26 heavy (non-hydrogen) atoms. The zero-order valence-corrected chi connectivity index (χ0v) is 15.8. The maximum Gasteiger partial charge on any atom is 0.293 e. The molecule has 0 atom stereocenters. The lowest BCUT2D eigenvalue weighted by Crippen LogP contribution is -2.32. The van der Waals surface area contributed by atoms with Crippen molar-refractivity contribution < 1.29 is 22.7 Å². The third-order valence-corrected chi connectivity index (χ3v) is 6.08. The van der Waals surface area contributed by atoms with E-state index in [-0.39, 0.29) is 29.2 Å². The van der Waals surface area contributed by atoms with Crippen LogP contribution >= 0.6 is 23.1 Å². The molecule has 0 radical (unpaired) electrons. The van der Waals surface area contributed by atoms with Crippen molar-refractivity contribution >= 4 is 50.3 Å². The fourth-order valence-corrected chi connectivity index (χ4v) is 4.28. The fourth-order valence-electron chi connectivity index (χ4n) is 2.18. The van der Waals surface area contributed by atoms with Crippen molar-refractivity contribution in [3.8, 4) is 5.75 Å². The van der Waals surface area contributed by atoms with Gasteiger partial charge in [-0.25, -0.2) is 13.6 Å². The van der Waals surface area contributed by atoms with Crippen molar-refractivity contribution in [3.05, 3.63) is 51.6 Å². The second-order valence-electron chi connectivity index (χ2n) is 5.21. The second kappa shape index (κ2) is 7.62. The predicted molar refractivity (Wildman–Crippen MR) is 100 cm³/mol. The second-order valence-corrected chi connectivity index (χ2v) is 8.75. The SMILES string of the molecule is NS(=O)(=O)c1ccc(OCCN2C(=O)S/C(=C\c3cccs3)C2=O)cc1. The molecule has 1 saturated heterocycles. The number of thioether (sulfide) groups is 1. The summed E-state index contributed by atoms with van der Waals surface area (Å²) in [5.41, 5.74) is 0. The number of ether oxygens (including phenoxy) is 1. The summed E-state index contributed by atoms with van der Waals surface area (Å²) in [5.74, 6) is 0.0695. The Bertz CT molecular complexity index is 950. The van der Waals surface area contributed by atoms with E-state index in [9.17, 15) is 18.0 Å². The topological polar surface area (TPSA) is 107 Å². The maximum absolute atomic E-state index is 12.3. The summed E-state index contributed by atoms with van der Waals surface area (Å²) >= 11 is 2.38. The van der Waals surface area contributed by atoms with Crippen molar-refractivity contribution in [2.24, 2.45) is 5.14 Å². The molecular formula is C16H14N2O5S3. The first-order valence-corrected chi connectivity index (χ1v) is 10.6. The van der Waals surface area contributed by atoms with Gasteiger partial charge < -0.3 is 4.74 Å². The fraction of sp³-hybridized carbons (Fsp3) is 0.125.